The highest BCUT2D eigenvalue weighted by Crippen LogP contribution is 2.42. The van der Waals surface area contributed by atoms with Gasteiger partial charge in [0.25, 0.3) is 0 Å². The Morgan fingerprint density at radius 2 is 2.03 bits per heavy atom. The second-order valence-corrected chi connectivity index (χ2v) is 9.47. The standard InChI is InChI=1S/C27H30N4O3S/c1-17-15-21(18(2)31(17)23-12-5-4-10-20(23)26(32)33-3)25-24(22-11-6-7-13-28-22)29-27(35)30(25)16-19-9-8-14-34-19/h4-7,10-13,15,19,24-25H,8-9,14,16H2,1-3H3,(H,29,35)/t19-,24+,25-/m1/s1. The maximum absolute atomic E-state index is 12.5. The van der Waals surface area contributed by atoms with Crippen LogP contribution in [0.15, 0.2) is 54.7 Å². The zero-order valence-corrected chi connectivity index (χ0v) is 21.0. The molecule has 0 amide bonds. The zero-order chi connectivity index (χ0) is 24.5. The summed E-state index contributed by atoms with van der Waals surface area (Å²) in [5, 5.41) is 4.24. The van der Waals surface area contributed by atoms with Crippen LogP contribution in [-0.2, 0) is 9.47 Å². The van der Waals surface area contributed by atoms with Crippen molar-refractivity contribution < 1.29 is 14.3 Å². The van der Waals surface area contributed by atoms with Gasteiger partial charge in [0.15, 0.2) is 5.11 Å². The van der Waals surface area contributed by atoms with Crippen LogP contribution in [0.3, 0.4) is 0 Å². The normalized spacial score (nSPS) is 21.9. The molecule has 8 heteroatoms. The minimum Gasteiger partial charge on any atom is -0.465 e. The molecule has 3 aromatic rings. The van der Waals surface area contributed by atoms with Crippen molar-refractivity contribution in [2.75, 3.05) is 20.3 Å². The summed E-state index contributed by atoms with van der Waals surface area (Å²) in [4.78, 5) is 19.4. The first-order valence-electron chi connectivity index (χ1n) is 12.0. The van der Waals surface area contributed by atoms with E-state index >= 15 is 0 Å². The molecule has 0 bridgehead atoms. The van der Waals surface area contributed by atoms with Crippen LogP contribution in [0.1, 0.15) is 57.9 Å². The number of aromatic nitrogens is 2. The topological polar surface area (TPSA) is 68.6 Å². The molecule has 5 rings (SSSR count). The fourth-order valence-corrected chi connectivity index (χ4v) is 5.67. The minimum absolute atomic E-state index is 0.0631. The molecule has 3 atom stereocenters. The Balaban J connectivity index is 1.61. The summed E-state index contributed by atoms with van der Waals surface area (Å²) in [5.41, 5.74) is 5.49. The molecule has 7 nitrogen and oxygen atoms in total. The van der Waals surface area contributed by atoms with E-state index in [4.69, 9.17) is 21.7 Å². The van der Waals surface area contributed by atoms with Crippen molar-refractivity contribution >= 4 is 23.3 Å². The van der Waals surface area contributed by atoms with E-state index in [1.54, 1.807) is 6.07 Å². The van der Waals surface area contributed by atoms with Gasteiger partial charge in [-0.2, -0.15) is 0 Å². The fraction of sp³-hybridized carbons (Fsp3) is 0.370. The van der Waals surface area contributed by atoms with Crippen molar-refractivity contribution in [2.45, 2.75) is 44.9 Å². The number of esters is 1. The first-order valence-corrected chi connectivity index (χ1v) is 12.4. The molecule has 1 aromatic carbocycles. The van der Waals surface area contributed by atoms with E-state index in [1.165, 1.54) is 7.11 Å². The number of carbonyl (C=O) groups is 1. The number of ether oxygens (including phenoxy) is 2. The number of hydrogen-bond donors (Lipinski definition) is 1. The number of pyridine rings is 1. The molecule has 1 N–H and O–H groups in total. The van der Waals surface area contributed by atoms with Gasteiger partial charge in [0.2, 0.25) is 0 Å². The molecule has 2 aromatic heterocycles. The van der Waals surface area contributed by atoms with Gasteiger partial charge in [-0.25, -0.2) is 4.79 Å². The van der Waals surface area contributed by atoms with E-state index < -0.39 is 0 Å². The van der Waals surface area contributed by atoms with Crippen LogP contribution in [0.5, 0.6) is 0 Å². The van der Waals surface area contributed by atoms with Crippen LogP contribution in [0.2, 0.25) is 0 Å². The molecule has 2 saturated heterocycles. The monoisotopic (exact) mass is 490 g/mol. The quantitative estimate of drug-likeness (QED) is 0.405. The average molecular weight is 491 g/mol. The van der Waals surface area contributed by atoms with E-state index in [-0.39, 0.29) is 24.2 Å². The first-order chi connectivity index (χ1) is 17.0. The van der Waals surface area contributed by atoms with Gasteiger partial charge in [0.05, 0.1) is 42.2 Å². The highest BCUT2D eigenvalue weighted by molar-refractivity contribution is 7.80. The van der Waals surface area contributed by atoms with Gasteiger partial charge in [-0.05, 0) is 74.8 Å². The van der Waals surface area contributed by atoms with E-state index in [0.717, 1.165) is 54.3 Å². The highest BCUT2D eigenvalue weighted by Gasteiger charge is 2.42. The van der Waals surface area contributed by atoms with Gasteiger partial charge in [-0.15, -0.1) is 0 Å². The minimum atomic E-state index is -0.357. The van der Waals surface area contributed by atoms with Gasteiger partial charge in [-0.3, -0.25) is 4.98 Å². The number of thiocarbonyl (C=S) groups is 1. The lowest BCUT2D eigenvalue weighted by Gasteiger charge is -2.30. The molecule has 182 valence electrons. The predicted octanol–water partition coefficient (Wildman–Crippen LogP) is 4.43. The molecule has 2 fully saturated rings. The van der Waals surface area contributed by atoms with Gasteiger partial charge >= 0.3 is 5.97 Å². The number of aryl methyl sites for hydroxylation is 1. The Bertz CT molecular complexity index is 1240. The van der Waals surface area contributed by atoms with Crippen LogP contribution in [-0.4, -0.2) is 51.9 Å². The lowest BCUT2D eigenvalue weighted by molar-refractivity contribution is 0.0600. The molecule has 0 aliphatic carbocycles. The van der Waals surface area contributed by atoms with Crippen LogP contribution in [0.25, 0.3) is 5.69 Å². The van der Waals surface area contributed by atoms with Crippen molar-refractivity contribution in [1.82, 2.24) is 19.8 Å². The van der Waals surface area contributed by atoms with Gasteiger partial charge < -0.3 is 24.3 Å². The van der Waals surface area contributed by atoms with Crippen LogP contribution < -0.4 is 5.32 Å². The summed E-state index contributed by atoms with van der Waals surface area (Å²) in [6.07, 6.45) is 4.08. The number of para-hydroxylation sites is 1. The van der Waals surface area contributed by atoms with E-state index in [2.05, 4.69) is 39.7 Å². The van der Waals surface area contributed by atoms with Crippen molar-refractivity contribution in [3.8, 4) is 5.69 Å². The van der Waals surface area contributed by atoms with E-state index in [1.807, 2.05) is 42.6 Å². The van der Waals surface area contributed by atoms with Crippen LogP contribution in [0, 0.1) is 13.8 Å². The van der Waals surface area contributed by atoms with Gasteiger partial charge in [-0.1, -0.05) is 18.2 Å². The number of methoxy groups -OCH3 is 1. The summed E-state index contributed by atoms with van der Waals surface area (Å²) in [5.74, 6) is -0.357. The maximum Gasteiger partial charge on any atom is 0.339 e. The Kier molecular flexibility index (Phi) is 6.58. The number of hydrogen-bond acceptors (Lipinski definition) is 5. The Morgan fingerprint density at radius 1 is 1.23 bits per heavy atom. The molecular weight excluding hydrogens is 460 g/mol. The lowest BCUT2D eigenvalue weighted by atomic mass is 9.96. The van der Waals surface area contributed by atoms with Crippen LogP contribution in [0.4, 0.5) is 0 Å². The molecule has 4 heterocycles. The number of rotatable bonds is 6. The molecule has 0 unspecified atom stereocenters. The number of nitrogens with one attached hydrogen (secondary N) is 1. The second-order valence-electron chi connectivity index (χ2n) is 9.08. The third-order valence-electron chi connectivity index (χ3n) is 6.96. The largest absolute Gasteiger partial charge is 0.465 e. The highest BCUT2D eigenvalue weighted by atomic mass is 32.1. The van der Waals surface area contributed by atoms with E-state index in [0.29, 0.717) is 10.7 Å². The molecule has 0 spiro atoms. The van der Waals surface area contributed by atoms with Crippen LogP contribution >= 0.6 is 12.2 Å². The third-order valence-corrected chi connectivity index (χ3v) is 7.31. The van der Waals surface area contributed by atoms with E-state index in [9.17, 15) is 4.79 Å². The number of carbonyl (C=O) groups excluding carboxylic acids is 1. The fourth-order valence-electron chi connectivity index (χ4n) is 5.36. The summed E-state index contributed by atoms with van der Waals surface area (Å²) in [7, 11) is 1.41. The Morgan fingerprint density at radius 3 is 2.74 bits per heavy atom. The smallest absolute Gasteiger partial charge is 0.339 e. The second kappa shape index (κ2) is 9.79. The Labute approximate surface area is 211 Å². The number of nitrogens with zero attached hydrogens (tertiary/aromatic N) is 3. The molecular formula is C27H30N4O3S. The zero-order valence-electron chi connectivity index (χ0n) is 20.2. The van der Waals surface area contributed by atoms with Gasteiger partial charge in [0.1, 0.15) is 0 Å². The van der Waals surface area contributed by atoms with Crippen molar-refractivity contribution in [3.05, 3.63) is 82.9 Å². The van der Waals surface area contributed by atoms with Crippen molar-refractivity contribution in [1.29, 1.82) is 0 Å². The molecule has 0 radical (unpaired) electrons. The van der Waals surface area contributed by atoms with Crippen molar-refractivity contribution in [2.24, 2.45) is 0 Å². The Hall–Kier alpha value is -3.23. The molecule has 2 aliphatic rings. The summed E-state index contributed by atoms with van der Waals surface area (Å²) in [6, 6.07) is 15.5. The summed E-state index contributed by atoms with van der Waals surface area (Å²) < 4.78 is 13.2. The first kappa shape index (κ1) is 23.5. The molecule has 35 heavy (non-hydrogen) atoms. The summed E-state index contributed by atoms with van der Waals surface area (Å²) in [6.45, 7) is 5.68. The lowest BCUT2D eigenvalue weighted by Crippen LogP contribution is -2.36. The summed E-state index contributed by atoms with van der Waals surface area (Å²) >= 11 is 5.84. The maximum atomic E-state index is 12.5. The van der Waals surface area contributed by atoms with Crippen molar-refractivity contribution in [3.63, 3.8) is 0 Å². The average Bonchev–Trinajstić information content (AvgIpc) is 3.58. The van der Waals surface area contributed by atoms with Gasteiger partial charge in [0, 0.05) is 30.7 Å². The molecule has 0 saturated carbocycles. The number of benzene rings is 1. The molecule has 2 aliphatic heterocycles. The third kappa shape index (κ3) is 4.32. The SMILES string of the molecule is COC(=O)c1ccccc1-n1c(C)cc([C@@H]2[C@H](c3ccccn3)NC(=S)N2C[C@H]2CCCO2)c1C. The predicted molar refractivity (Wildman–Crippen MR) is 138 cm³/mol.